The van der Waals surface area contributed by atoms with Crippen molar-refractivity contribution in [3.8, 4) is 0 Å². The fourth-order valence-corrected chi connectivity index (χ4v) is 4.09. The molecule has 1 aromatic rings. The van der Waals surface area contributed by atoms with Crippen molar-refractivity contribution < 1.29 is 0 Å². The molecular weight excluding hydrogens is 298 g/mol. The van der Waals surface area contributed by atoms with E-state index < -0.39 is 0 Å². The fourth-order valence-electron chi connectivity index (χ4n) is 2.79. The highest BCUT2D eigenvalue weighted by molar-refractivity contribution is 7.10. The first-order valence-electron chi connectivity index (χ1n) is 8.75. The quantitative estimate of drug-likeness (QED) is 0.385. The van der Waals surface area contributed by atoms with Crippen molar-refractivity contribution in [1.82, 2.24) is 5.32 Å². The fraction of sp³-hybridized carbons (Fsp3) is 0.778. The number of hydrogen-bond acceptors (Lipinski definition) is 2. The molecule has 0 bridgehead atoms. The number of unbranched alkanes of at least 4 members (excludes halogenated alkanes) is 8. The highest BCUT2D eigenvalue weighted by Crippen LogP contribution is 2.31. The van der Waals surface area contributed by atoms with Crippen molar-refractivity contribution in [2.75, 3.05) is 6.54 Å². The molecular formula is C18H32ClNS. The van der Waals surface area contributed by atoms with E-state index in [1.54, 1.807) is 11.3 Å². The normalized spacial score (nSPS) is 12.7. The highest BCUT2D eigenvalue weighted by Gasteiger charge is 2.14. The predicted octanol–water partition coefficient (Wildman–Crippen LogP) is 6.97. The highest BCUT2D eigenvalue weighted by atomic mass is 35.5. The lowest BCUT2D eigenvalue weighted by atomic mass is 10.0. The van der Waals surface area contributed by atoms with E-state index in [1.807, 2.05) is 6.07 Å². The van der Waals surface area contributed by atoms with Gasteiger partial charge < -0.3 is 5.32 Å². The third-order valence-corrected chi connectivity index (χ3v) is 5.48. The van der Waals surface area contributed by atoms with Crippen LogP contribution in [0.5, 0.6) is 0 Å². The summed E-state index contributed by atoms with van der Waals surface area (Å²) >= 11 is 8.05. The van der Waals surface area contributed by atoms with E-state index in [0.717, 1.165) is 11.6 Å². The average molecular weight is 330 g/mol. The van der Waals surface area contributed by atoms with Crippen LogP contribution in [0, 0.1) is 0 Å². The number of nitrogens with one attached hydrogen (secondary N) is 1. The van der Waals surface area contributed by atoms with Crippen LogP contribution in [0.3, 0.4) is 0 Å². The topological polar surface area (TPSA) is 12.0 Å². The van der Waals surface area contributed by atoms with Gasteiger partial charge in [0.15, 0.2) is 0 Å². The molecule has 0 aromatic carbocycles. The van der Waals surface area contributed by atoms with Gasteiger partial charge in [-0.2, -0.15) is 0 Å². The first-order chi connectivity index (χ1) is 10.3. The molecule has 1 atom stereocenters. The minimum absolute atomic E-state index is 0.451. The first-order valence-corrected chi connectivity index (χ1v) is 10.0. The van der Waals surface area contributed by atoms with Gasteiger partial charge in [-0.05, 0) is 24.4 Å². The molecule has 0 amide bonds. The zero-order valence-electron chi connectivity index (χ0n) is 13.8. The second kappa shape index (κ2) is 12.5. The second-order valence-electron chi connectivity index (χ2n) is 5.86. The van der Waals surface area contributed by atoms with Gasteiger partial charge in [-0.1, -0.05) is 83.2 Å². The average Bonchev–Trinajstić information content (AvgIpc) is 2.90. The minimum Gasteiger partial charge on any atom is -0.309 e. The van der Waals surface area contributed by atoms with Gasteiger partial charge in [0.1, 0.15) is 0 Å². The molecule has 0 fully saturated rings. The molecule has 1 nitrogen and oxygen atoms in total. The summed E-state index contributed by atoms with van der Waals surface area (Å²) in [5, 5.41) is 6.60. The van der Waals surface area contributed by atoms with Crippen molar-refractivity contribution in [2.24, 2.45) is 0 Å². The molecule has 0 aliphatic heterocycles. The van der Waals surface area contributed by atoms with Crippen LogP contribution >= 0.6 is 22.9 Å². The maximum Gasteiger partial charge on any atom is 0.0561 e. The Morgan fingerprint density at radius 3 is 2.14 bits per heavy atom. The van der Waals surface area contributed by atoms with Crippen LogP contribution in [-0.2, 0) is 0 Å². The van der Waals surface area contributed by atoms with E-state index >= 15 is 0 Å². The largest absolute Gasteiger partial charge is 0.309 e. The van der Waals surface area contributed by atoms with Crippen LogP contribution in [-0.4, -0.2) is 6.54 Å². The van der Waals surface area contributed by atoms with Crippen LogP contribution in [0.15, 0.2) is 11.4 Å². The molecule has 0 aliphatic carbocycles. The number of thiophene rings is 1. The van der Waals surface area contributed by atoms with Crippen LogP contribution in [0.1, 0.15) is 89.0 Å². The number of rotatable bonds is 13. The Kier molecular flexibility index (Phi) is 11.3. The Morgan fingerprint density at radius 2 is 1.62 bits per heavy atom. The molecule has 21 heavy (non-hydrogen) atoms. The first kappa shape index (κ1) is 19.0. The van der Waals surface area contributed by atoms with E-state index in [0.29, 0.717) is 6.04 Å². The summed E-state index contributed by atoms with van der Waals surface area (Å²) in [4.78, 5) is 1.32. The lowest BCUT2D eigenvalue weighted by molar-refractivity contribution is 0.479. The zero-order valence-corrected chi connectivity index (χ0v) is 15.4. The second-order valence-corrected chi connectivity index (χ2v) is 7.22. The molecule has 1 aromatic heterocycles. The molecule has 1 N–H and O–H groups in total. The Morgan fingerprint density at radius 1 is 1.00 bits per heavy atom. The molecule has 3 heteroatoms. The summed E-state index contributed by atoms with van der Waals surface area (Å²) in [7, 11) is 0. The van der Waals surface area contributed by atoms with Crippen molar-refractivity contribution >= 4 is 22.9 Å². The Balaban J connectivity index is 2.10. The van der Waals surface area contributed by atoms with E-state index in [2.05, 4.69) is 24.5 Å². The summed E-state index contributed by atoms with van der Waals surface area (Å²) in [5.41, 5.74) is 0. The SMILES string of the molecule is CCCCCCCCCCCC(NCC)c1sccc1Cl. The summed E-state index contributed by atoms with van der Waals surface area (Å²) < 4.78 is 0. The van der Waals surface area contributed by atoms with Gasteiger partial charge in [0.2, 0.25) is 0 Å². The van der Waals surface area contributed by atoms with Crippen molar-refractivity contribution in [1.29, 1.82) is 0 Å². The third kappa shape index (κ3) is 8.23. The van der Waals surface area contributed by atoms with E-state index in [1.165, 1.54) is 69.1 Å². The Hall–Kier alpha value is -0.0500. The van der Waals surface area contributed by atoms with E-state index in [-0.39, 0.29) is 0 Å². The molecule has 0 saturated heterocycles. The number of hydrogen-bond donors (Lipinski definition) is 1. The molecule has 1 heterocycles. The van der Waals surface area contributed by atoms with E-state index in [4.69, 9.17) is 11.6 Å². The maximum absolute atomic E-state index is 6.26. The summed E-state index contributed by atoms with van der Waals surface area (Å²) in [6, 6.07) is 2.47. The standard InChI is InChI=1S/C18H32ClNS/c1-3-5-6-7-8-9-10-11-12-13-17(20-4-2)18-16(19)14-15-21-18/h14-15,17,20H,3-13H2,1-2H3. The zero-order chi connectivity index (χ0) is 15.3. The lowest BCUT2D eigenvalue weighted by Crippen LogP contribution is -2.20. The molecule has 1 rings (SSSR count). The van der Waals surface area contributed by atoms with Gasteiger partial charge in [-0.15, -0.1) is 11.3 Å². The van der Waals surface area contributed by atoms with Crippen LogP contribution in [0.2, 0.25) is 5.02 Å². The monoisotopic (exact) mass is 329 g/mol. The van der Waals surface area contributed by atoms with Crippen LogP contribution < -0.4 is 5.32 Å². The molecule has 0 radical (unpaired) electrons. The van der Waals surface area contributed by atoms with Gasteiger partial charge in [0.05, 0.1) is 5.02 Å². The van der Waals surface area contributed by atoms with Gasteiger partial charge in [0.25, 0.3) is 0 Å². The summed E-state index contributed by atoms with van der Waals surface area (Å²) in [6.07, 6.45) is 13.7. The van der Waals surface area contributed by atoms with Crippen LogP contribution in [0.25, 0.3) is 0 Å². The molecule has 0 aliphatic rings. The van der Waals surface area contributed by atoms with Crippen molar-refractivity contribution in [3.05, 3.63) is 21.3 Å². The molecule has 0 spiro atoms. The maximum atomic E-state index is 6.26. The Bertz CT molecular complexity index is 351. The summed E-state index contributed by atoms with van der Waals surface area (Å²) in [6.45, 7) is 5.46. The summed E-state index contributed by atoms with van der Waals surface area (Å²) in [5.74, 6) is 0. The molecule has 0 saturated carbocycles. The molecule has 1 unspecified atom stereocenters. The van der Waals surface area contributed by atoms with Crippen molar-refractivity contribution in [2.45, 2.75) is 84.1 Å². The van der Waals surface area contributed by atoms with E-state index in [9.17, 15) is 0 Å². The minimum atomic E-state index is 0.451. The van der Waals surface area contributed by atoms with Crippen LogP contribution in [0.4, 0.5) is 0 Å². The van der Waals surface area contributed by atoms with Gasteiger partial charge in [-0.25, -0.2) is 0 Å². The number of halogens is 1. The predicted molar refractivity (Wildman–Crippen MR) is 97.6 cm³/mol. The molecule has 122 valence electrons. The Labute approximate surface area is 140 Å². The third-order valence-electron chi connectivity index (χ3n) is 4.01. The van der Waals surface area contributed by atoms with Gasteiger partial charge in [0, 0.05) is 10.9 Å². The van der Waals surface area contributed by atoms with Gasteiger partial charge in [-0.3, -0.25) is 0 Å². The van der Waals surface area contributed by atoms with Crippen molar-refractivity contribution in [3.63, 3.8) is 0 Å². The van der Waals surface area contributed by atoms with Gasteiger partial charge >= 0.3 is 0 Å². The smallest absolute Gasteiger partial charge is 0.0561 e. The lowest BCUT2D eigenvalue weighted by Gasteiger charge is -2.17.